The van der Waals surface area contributed by atoms with Crippen LogP contribution in [0.2, 0.25) is 0 Å². The molecule has 1 heterocycles. The normalized spacial score (nSPS) is 27.7. The maximum absolute atomic E-state index is 11.9. The van der Waals surface area contributed by atoms with Crippen molar-refractivity contribution >= 4 is 5.91 Å². The highest BCUT2D eigenvalue weighted by Crippen LogP contribution is 2.20. The van der Waals surface area contributed by atoms with Crippen LogP contribution in [0.4, 0.5) is 0 Å². The molecule has 2 N–H and O–H groups in total. The molecule has 0 saturated carbocycles. The van der Waals surface area contributed by atoms with Crippen molar-refractivity contribution in [2.75, 3.05) is 6.54 Å². The zero-order valence-electron chi connectivity index (χ0n) is 10.0. The van der Waals surface area contributed by atoms with Crippen LogP contribution in [0.3, 0.4) is 0 Å². The molecule has 1 aliphatic heterocycles. The molecule has 0 aromatic rings. The largest absolute Gasteiger partial charge is 0.392 e. The van der Waals surface area contributed by atoms with Gasteiger partial charge in [0.15, 0.2) is 0 Å². The van der Waals surface area contributed by atoms with E-state index in [-0.39, 0.29) is 24.1 Å². The molecule has 0 bridgehead atoms. The molecule has 1 rings (SSSR count). The van der Waals surface area contributed by atoms with Crippen LogP contribution < -0.4 is 5.32 Å². The van der Waals surface area contributed by atoms with Gasteiger partial charge in [0, 0.05) is 18.6 Å². The molecule has 0 radical (unpaired) electrons. The van der Waals surface area contributed by atoms with Crippen molar-refractivity contribution in [1.82, 2.24) is 10.2 Å². The van der Waals surface area contributed by atoms with E-state index in [9.17, 15) is 9.90 Å². The molecule has 1 saturated heterocycles. The summed E-state index contributed by atoms with van der Waals surface area (Å²) in [5.41, 5.74) is 0. The minimum absolute atomic E-state index is 0.0373. The number of likely N-dealkylation sites (tertiary alicyclic amines) is 1. The number of carbonyl (C=O) groups is 1. The Morgan fingerprint density at radius 1 is 1.40 bits per heavy atom. The molecule has 88 valence electrons. The lowest BCUT2D eigenvalue weighted by atomic mass is 10.1. The van der Waals surface area contributed by atoms with Crippen LogP contribution in [0, 0.1) is 0 Å². The molecule has 2 atom stereocenters. The van der Waals surface area contributed by atoms with Crippen LogP contribution in [0.1, 0.15) is 34.1 Å². The Hall–Kier alpha value is -0.610. The lowest BCUT2D eigenvalue weighted by Gasteiger charge is -2.27. The third-order valence-corrected chi connectivity index (χ3v) is 2.71. The summed E-state index contributed by atoms with van der Waals surface area (Å²) in [7, 11) is 0. The van der Waals surface area contributed by atoms with Crippen molar-refractivity contribution < 1.29 is 9.90 Å². The Bertz CT molecular complexity index is 229. The van der Waals surface area contributed by atoms with Crippen LogP contribution >= 0.6 is 0 Å². The van der Waals surface area contributed by atoms with Gasteiger partial charge in [-0.25, -0.2) is 0 Å². The molecule has 1 fully saturated rings. The summed E-state index contributed by atoms with van der Waals surface area (Å²) in [6.07, 6.45) is 0.187. The highest BCUT2D eigenvalue weighted by molar-refractivity contribution is 5.82. The number of nitrogens with one attached hydrogen (secondary N) is 1. The number of amides is 1. The summed E-state index contributed by atoms with van der Waals surface area (Å²) in [6, 6.07) is 0.289. The number of aliphatic hydroxyl groups excluding tert-OH is 1. The van der Waals surface area contributed by atoms with E-state index in [1.165, 1.54) is 0 Å². The van der Waals surface area contributed by atoms with Gasteiger partial charge < -0.3 is 10.4 Å². The summed E-state index contributed by atoms with van der Waals surface area (Å²) in [5.74, 6) is 0.0373. The first-order chi connectivity index (χ1) is 6.91. The molecule has 1 aliphatic rings. The maximum Gasteiger partial charge on any atom is 0.237 e. The fourth-order valence-corrected chi connectivity index (χ4v) is 2.05. The number of carbonyl (C=O) groups excluding carboxylic acids is 1. The summed E-state index contributed by atoms with van der Waals surface area (Å²) in [6.45, 7) is 8.60. The molecule has 0 aliphatic carbocycles. The van der Waals surface area contributed by atoms with Gasteiger partial charge in [0.2, 0.25) is 5.91 Å². The van der Waals surface area contributed by atoms with Gasteiger partial charge in [-0.2, -0.15) is 0 Å². The Balaban J connectivity index is 2.62. The molecule has 15 heavy (non-hydrogen) atoms. The van der Waals surface area contributed by atoms with Gasteiger partial charge in [-0.1, -0.05) is 0 Å². The zero-order valence-corrected chi connectivity index (χ0v) is 10.0. The topological polar surface area (TPSA) is 52.6 Å². The van der Waals surface area contributed by atoms with Gasteiger partial charge in [-0.3, -0.25) is 9.69 Å². The summed E-state index contributed by atoms with van der Waals surface area (Å²) >= 11 is 0. The average molecular weight is 214 g/mol. The van der Waals surface area contributed by atoms with Crippen molar-refractivity contribution in [2.45, 2.75) is 58.3 Å². The molecule has 0 spiro atoms. The Kier molecular flexibility index (Phi) is 4.11. The van der Waals surface area contributed by atoms with Crippen LogP contribution in [0.25, 0.3) is 0 Å². The first kappa shape index (κ1) is 12.5. The second-order valence-corrected chi connectivity index (χ2v) is 4.86. The summed E-state index contributed by atoms with van der Waals surface area (Å²) < 4.78 is 0. The number of nitrogens with zero attached hydrogens (tertiary/aromatic N) is 1. The molecule has 0 aromatic carbocycles. The Labute approximate surface area is 91.6 Å². The van der Waals surface area contributed by atoms with Crippen LogP contribution in [0.5, 0.6) is 0 Å². The van der Waals surface area contributed by atoms with E-state index in [1.807, 2.05) is 27.7 Å². The van der Waals surface area contributed by atoms with E-state index in [4.69, 9.17) is 0 Å². The van der Waals surface area contributed by atoms with Gasteiger partial charge in [-0.15, -0.1) is 0 Å². The second kappa shape index (κ2) is 4.94. The highest BCUT2D eigenvalue weighted by Gasteiger charge is 2.37. The average Bonchev–Trinajstić information content (AvgIpc) is 2.46. The van der Waals surface area contributed by atoms with E-state index >= 15 is 0 Å². The van der Waals surface area contributed by atoms with Crippen molar-refractivity contribution in [3.63, 3.8) is 0 Å². The van der Waals surface area contributed by atoms with Crippen molar-refractivity contribution in [2.24, 2.45) is 0 Å². The molecule has 4 heteroatoms. The van der Waals surface area contributed by atoms with Gasteiger partial charge >= 0.3 is 0 Å². The lowest BCUT2D eigenvalue weighted by molar-refractivity contribution is -0.126. The van der Waals surface area contributed by atoms with Crippen LogP contribution in [0.15, 0.2) is 0 Å². The predicted octanol–water partition coefficient (Wildman–Crippen LogP) is 0.355. The predicted molar refractivity (Wildman–Crippen MR) is 59.5 cm³/mol. The molecular formula is C11H22N2O2. The van der Waals surface area contributed by atoms with E-state index in [1.54, 1.807) is 0 Å². The van der Waals surface area contributed by atoms with Gasteiger partial charge in [0.25, 0.3) is 0 Å². The van der Waals surface area contributed by atoms with Gasteiger partial charge in [0.05, 0.1) is 12.1 Å². The maximum atomic E-state index is 11.9. The van der Waals surface area contributed by atoms with Crippen molar-refractivity contribution in [1.29, 1.82) is 0 Å². The number of aliphatic hydroxyl groups is 1. The van der Waals surface area contributed by atoms with E-state index in [2.05, 4.69) is 10.2 Å². The van der Waals surface area contributed by atoms with Gasteiger partial charge in [-0.05, 0) is 34.1 Å². The van der Waals surface area contributed by atoms with E-state index in [0.29, 0.717) is 19.0 Å². The SMILES string of the molecule is CC(C)NC(=O)[C@H]1C[C@H](O)CN1C(C)C. The summed E-state index contributed by atoms with van der Waals surface area (Å²) in [4.78, 5) is 13.9. The highest BCUT2D eigenvalue weighted by atomic mass is 16.3. The quantitative estimate of drug-likeness (QED) is 0.713. The Morgan fingerprint density at radius 2 is 2.00 bits per heavy atom. The second-order valence-electron chi connectivity index (χ2n) is 4.86. The number of rotatable bonds is 3. The van der Waals surface area contributed by atoms with Gasteiger partial charge in [0.1, 0.15) is 0 Å². The van der Waals surface area contributed by atoms with E-state index in [0.717, 1.165) is 0 Å². The first-order valence-electron chi connectivity index (χ1n) is 5.66. The monoisotopic (exact) mass is 214 g/mol. The molecule has 1 amide bonds. The van der Waals surface area contributed by atoms with E-state index < -0.39 is 0 Å². The number of hydrogen-bond acceptors (Lipinski definition) is 3. The fourth-order valence-electron chi connectivity index (χ4n) is 2.05. The summed E-state index contributed by atoms with van der Waals surface area (Å²) in [5, 5.41) is 12.5. The van der Waals surface area contributed by atoms with Crippen molar-refractivity contribution in [3.05, 3.63) is 0 Å². The first-order valence-corrected chi connectivity index (χ1v) is 5.66. The van der Waals surface area contributed by atoms with Crippen LogP contribution in [-0.4, -0.2) is 46.7 Å². The van der Waals surface area contributed by atoms with Crippen molar-refractivity contribution in [3.8, 4) is 0 Å². The fraction of sp³-hybridized carbons (Fsp3) is 0.909. The Morgan fingerprint density at radius 3 is 2.47 bits per heavy atom. The molecule has 4 nitrogen and oxygen atoms in total. The van der Waals surface area contributed by atoms with Crippen LogP contribution in [-0.2, 0) is 4.79 Å². The zero-order chi connectivity index (χ0) is 11.6. The standard InChI is InChI=1S/C11H22N2O2/c1-7(2)12-11(15)10-5-9(14)6-13(10)8(3)4/h7-10,14H,5-6H2,1-4H3,(H,12,15)/t9-,10+/m0/s1. The number of β-amino-alcohol motifs (C(OH)–C–C–N with tert-alkyl or cyclic N) is 1. The smallest absolute Gasteiger partial charge is 0.237 e. The third-order valence-electron chi connectivity index (χ3n) is 2.71. The molecule has 0 unspecified atom stereocenters. The molecular weight excluding hydrogens is 192 g/mol. The third kappa shape index (κ3) is 3.18. The lowest BCUT2D eigenvalue weighted by Crippen LogP contribution is -2.47. The minimum Gasteiger partial charge on any atom is -0.392 e. The molecule has 0 aromatic heterocycles. The minimum atomic E-state index is -0.365. The number of hydrogen-bond donors (Lipinski definition) is 2.